The Morgan fingerprint density at radius 2 is 2.12 bits per heavy atom. The van der Waals surface area contributed by atoms with Crippen molar-refractivity contribution in [3.05, 3.63) is 40.9 Å². The van der Waals surface area contributed by atoms with Crippen LogP contribution in [0, 0.1) is 6.92 Å². The first-order chi connectivity index (χ1) is 12.2. The smallest absolute Gasteiger partial charge is 0.317 e. The van der Waals surface area contributed by atoms with Gasteiger partial charge in [0.25, 0.3) is 0 Å². The van der Waals surface area contributed by atoms with Gasteiger partial charge >= 0.3 is 6.03 Å². The van der Waals surface area contributed by atoms with Crippen LogP contribution in [0.1, 0.15) is 11.1 Å². The van der Waals surface area contributed by atoms with Crippen molar-refractivity contribution in [2.45, 2.75) is 13.3 Å². The number of aryl methyl sites for hydroxylation is 1. The Kier molecular flexibility index (Phi) is 5.75. The maximum absolute atomic E-state index is 12.4. The summed E-state index contributed by atoms with van der Waals surface area (Å²) in [5.41, 5.74) is 2.32. The van der Waals surface area contributed by atoms with Crippen LogP contribution >= 0.6 is 11.3 Å². The Bertz CT molecular complexity index is 697. The highest BCUT2D eigenvalue weighted by Crippen LogP contribution is 2.20. The summed E-state index contributed by atoms with van der Waals surface area (Å²) in [5, 5.41) is 6.04. The molecule has 134 valence electrons. The van der Waals surface area contributed by atoms with Gasteiger partial charge in [-0.15, -0.1) is 11.3 Å². The minimum atomic E-state index is 0.00501. The van der Waals surface area contributed by atoms with Crippen molar-refractivity contribution in [3.8, 4) is 5.75 Å². The molecule has 0 saturated carbocycles. The van der Waals surface area contributed by atoms with Gasteiger partial charge in [-0.2, -0.15) is 0 Å². The van der Waals surface area contributed by atoms with Crippen LogP contribution in [-0.2, 0) is 6.42 Å². The quantitative estimate of drug-likeness (QED) is 0.890. The molecule has 0 bridgehead atoms. The zero-order valence-electron chi connectivity index (χ0n) is 14.7. The first kappa shape index (κ1) is 17.5. The summed E-state index contributed by atoms with van der Waals surface area (Å²) < 4.78 is 5.39. The Labute approximate surface area is 152 Å². The lowest BCUT2D eigenvalue weighted by Crippen LogP contribution is -2.52. The van der Waals surface area contributed by atoms with Gasteiger partial charge in [-0.05, 0) is 25.0 Å². The number of carbonyl (C=O) groups excluding carboxylic acids is 1. The van der Waals surface area contributed by atoms with Gasteiger partial charge in [0.15, 0.2) is 5.13 Å². The number of aromatic nitrogens is 1. The monoisotopic (exact) mass is 360 g/mol. The molecule has 1 aromatic heterocycles. The molecule has 1 aromatic carbocycles. The van der Waals surface area contributed by atoms with Gasteiger partial charge in [-0.1, -0.05) is 17.7 Å². The van der Waals surface area contributed by atoms with Crippen LogP contribution in [0.3, 0.4) is 0 Å². The highest BCUT2D eigenvalue weighted by molar-refractivity contribution is 7.13. The Hall–Kier alpha value is -2.28. The third kappa shape index (κ3) is 4.42. The molecular weight excluding hydrogens is 336 g/mol. The van der Waals surface area contributed by atoms with Crippen molar-refractivity contribution >= 4 is 22.5 Å². The Balaban J connectivity index is 1.45. The van der Waals surface area contributed by atoms with Crippen LogP contribution in [-0.4, -0.2) is 55.7 Å². The predicted octanol–water partition coefficient (Wildman–Crippen LogP) is 2.53. The molecule has 0 radical (unpaired) electrons. The van der Waals surface area contributed by atoms with Crippen LogP contribution in [0.15, 0.2) is 29.8 Å². The molecule has 3 rings (SSSR count). The molecule has 0 aliphatic carbocycles. The minimum Gasteiger partial charge on any atom is -0.496 e. The van der Waals surface area contributed by atoms with E-state index in [1.807, 2.05) is 28.6 Å². The standard InChI is InChI=1S/C18H24N4O2S/c1-14-3-4-16(24-2)15(13-14)5-6-19-17(23)21-8-10-22(11-9-21)18-20-7-12-25-18/h3-4,7,12-13H,5-6,8-11H2,1-2H3,(H,19,23). The average Bonchev–Trinajstić information content (AvgIpc) is 3.17. The van der Waals surface area contributed by atoms with E-state index in [0.717, 1.165) is 49.0 Å². The van der Waals surface area contributed by atoms with Gasteiger partial charge < -0.3 is 19.9 Å². The molecule has 1 aliphatic rings. The number of piperazine rings is 1. The lowest BCUT2D eigenvalue weighted by Gasteiger charge is -2.34. The molecule has 1 aliphatic heterocycles. The number of benzene rings is 1. The van der Waals surface area contributed by atoms with Gasteiger partial charge in [0, 0.05) is 44.3 Å². The maximum Gasteiger partial charge on any atom is 0.317 e. The highest BCUT2D eigenvalue weighted by Gasteiger charge is 2.22. The molecule has 2 aromatic rings. The number of hydrogen-bond donors (Lipinski definition) is 1. The van der Waals surface area contributed by atoms with E-state index in [4.69, 9.17) is 4.74 Å². The summed E-state index contributed by atoms with van der Waals surface area (Å²) in [6, 6.07) is 6.12. The fourth-order valence-electron chi connectivity index (χ4n) is 2.99. The summed E-state index contributed by atoms with van der Waals surface area (Å²) in [6.45, 7) is 5.76. The molecule has 6 nitrogen and oxygen atoms in total. The largest absolute Gasteiger partial charge is 0.496 e. The highest BCUT2D eigenvalue weighted by atomic mass is 32.1. The summed E-state index contributed by atoms with van der Waals surface area (Å²) in [7, 11) is 1.68. The fourth-order valence-corrected chi connectivity index (χ4v) is 3.69. The van der Waals surface area contributed by atoms with Crippen molar-refractivity contribution in [2.24, 2.45) is 0 Å². The van der Waals surface area contributed by atoms with Gasteiger partial charge in [0.05, 0.1) is 7.11 Å². The molecule has 25 heavy (non-hydrogen) atoms. The summed E-state index contributed by atoms with van der Waals surface area (Å²) in [4.78, 5) is 20.8. The van der Waals surface area contributed by atoms with E-state index in [1.54, 1.807) is 18.4 Å². The first-order valence-corrected chi connectivity index (χ1v) is 9.36. The van der Waals surface area contributed by atoms with Gasteiger partial charge in [0.1, 0.15) is 5.75 Å². The number of rotatable bonds is 5. The van der Waals surface area contributed by atoms with Crippen LogP contribution in [0.4, 0.5) is 9.93 Å². The average molecular weight is 360 g/mol. The first-order valence-electron chi connectivity index (χ1n) is 8.48. The topological polar surface area (TPSA) is 57.7 Å². The third-order valence-electron chi connectivity index (χ3n) is 4.36. The second kappa shape index (κ2) is 8.20. The van der Waals surface area contributed by atoms with Crippen molar-refractivity contribution in [1.82, 2.24) is 15.2 Å². The number of anilines is 1. The van der Waals surface area contributed by atoms with E-state index in [1.165, 1.54) is 5.56 Å². The van der Waals surface area contributed by atoms with Crippen molar-refractivity contribution < 1.29 is 9.53 Å². The minimum absolute atomic E-state index is 0.00501. The predicted molar refractivity (Wildman–Crippen MR) is 101 cm³/mol. The van der Waals surface area contributed by atoms with E-state index in [-0.39, 0.29) is 6.03 Å². The zero-order chi connectivity index (χ0) is 17.6. The van der Waals surface area contributed by atoms with Crippen LogP contribution in [0.25, 0.3) is 0 Å². The molecule has 0 spiro atoms. The number of amides is 2. The second-order valence-electron chi connectivity index (χ2n) is 6.09. The molecular formula is C18H24N4O2S. The normalized spacial score (nSPS) is 14.5. The molecule has 1 fully saturated rings. The molecule has 0 atom stereocenters. The maximum atomic E-state index is 12.4. The number of nitrogens with one attached hydrogen (secondary N) is 1. The molecule has 1 saturated heterocycles. The van der Waals surface area contributed by atoms with Crippen molar-refractivity contribution in [2.75, 3.05) is 44.7 Å². The van der Waals surface area contributed by atoms with Crippen LogP contribution < -0.4 is 15.0 Å². The molecule has 0 unspecified atom stereocenters. The summed E-state index contributed by atoms with van der Waals surface area (Å²) in [5.74, 6) is 0.872. The number of thiazole rings is 1. The van der Waals surface area contributed by atoms with E-state index >= 15 is 0 Å². The zero-order valence-corrected chi connectivity index (χ0v) is 15.5. The number of urea groups is 1. The number of ether oxygens (including phenoxy) is 1. The number of hydrogen-bond acceptors (Lipinski definition) is 5. The van der Waals surface area contributed by atoms with Gasteiger partial charge in [-0.3, -0.25) is 0 Å². The molecule has 1 N–H and O–H groups in total. The van der Waals surface area contributed by atoms with Crippen molar-refractivity contribution in [3.63, 3.8) is 0 Å². The molecule has 2 amide bonds. The number of nitrogens with zero attached hydrogens (tertiary/aromatic N) is 3. The summed E-state index contributed by atoms with van der Waals surface area (Å²) >= 11 is 1.64. The third-order valence-corrected chi connectivity index (χ3v) is 5.20. The van der Waals surface area contributed by atoms with E-state index in [0.29, 0.717) is 6.54 Å². The van der Waals surface area contributed by atoms with E-state index < -0.39 is 0 Å². The second-order valence-corrected chi connectivity index (χ2v) is 6.96. The molecule has 2 heterocycles. The molecule has 7 heteroatoms. The Morgan fingerprint density at radius 1 is 1.32 bits per heavy atom. The van der Waals surface area contributed by atoms with Crippen molar-refractivity contribution in [1.29, 1.82) is 0 Å². The van der Waals surface area contributed by atoms with E-state index in [2.05, 4.69) is 28.2 Å². The number of carbonyl (C=O) groups is 1. The SMILES string of the molecule is COc1ccc(C)cc1CCNC(=O)N1CCN(c2nccs2)CC1. The Morgan fingerprint density at radius 3 is 2.80 bits per heavy atom. The number of methoxy groups -OCH3 is 1. The lowest BCUT2D eigenvalue weighted by atomic mass is 10.1. The summed E-state index contributed by atoms with van der Waals surface area (Å²) in [6.07, 6.45) is 2.58. The lowest BCUT2D eigenvalue weighted by molar-refractivity contribution is 0.194. The van der Waals surface area contributed by atoms with Crippen LogP contribution in [0.2, 0.25) is 0 Å². The van der Waals surface area contributed by atoms with Crippen LogP contribution in [0.5, 0.6) is 5.75 Å². The van der Waals surface area contributed by atoms with Gasteiger partial charge in [-0.25, -0.2) is 9.78 Å². The van der Waals surface area contributed by atoms with Gasteiger partial charge in [0.2, 0.25) is 0 Å². The van der Waals surface area contributed by atoms with E-state index in [9.17, 15) is 4.79 Å². The fraction of sp³-hybridized carbons (Fsp3) is 0.444.